The maximum atomic E-state index is 11.9. The molecule has 3 nitrogen and oxygen atoms in total. The van der Waals surface area contributed by atoms with E-state index in [0.717, 1.165) is 12.0 Å². The minimum absolute atomic E-state index is 0.140. The zero-order valence-electron chi connectivity index (χ0n) is 12.5. The minimum Gasteiger partial charge on any atom is -0.468 e. The third-order valence-corrected chi connectivity index (χ3v) is 4.94. The molecule has 0 aromatic heterocycles. The van der Waals surface area contributed by atoms with Gasteiger partial charge in [-0.1, -0.05) is 61.1 Å². The molecule has 1 N–H and O–H groups in total. The summed E-state index contributed by atoms with van der Waals surface area (Å²) < 4.78 is 4.86. The molecule has 1 aromatic rings. The topological polar surface area (TPSA) is 38.3 Å². The van der Waals surface area contributed by atoms with Crippen molar-refractivity contribution < 1.29 is 9.53 Å². The molecule has 0 aliphatic heterocycles. The molecular formula is C15H20Cl3NO2. The van der Waals surface area contributed by atoms with Crippen LogP contribution >= 0.6 is 34.8 Å². The molecule has 0 aliphatic carbocycles. The molecule has 0 aliphatic rings. The molecule has 0 saturated heterocycles. The normalized spacial score (nSPS) is 15.4. The Labute approximate surface area is 140 Å². The number of nitrogens with one attached hydrogen (secondary N) is 1. The lowest BCUT2D eigenvalue weighted by atomic mass is 9.97. The van der Waals surface area contributed by atoms with Gasteiger partial charge in [0.1, 0.15) is 6.04 Å². The van der Waals surface area contributed by atoms with E-state index in [4.69, 9.17) is 39.5 Å². The van der Waals surface area contributed by atoms with Crippen molar-refractivity contribution in [2.45, 2.75) is 39.3 Å². The molecule has 0 heterocycles. The summed E-state index contributed by atoms with van der Waals surface area (Å²) in [6.45, 7) is 5.95. The predicted molar refractivity (Wildman–Crippen MR) is 88.3 cm³/mol. The summed E-state index contributed by atoms with van der Waals surface area (Å²) in [5.41, 5.74) is 0.795. The first-order valence-corrected chi connectivity index (χ1v) is 7.94. The van der Waals surface area contributed by atoms with Crippen molar-refractivity contribution in [2.24, 2.45) is 5.92 Å². The zero-order valence-corrected chi connectivity index (χ0v) is 14.8. The Bertz CT molecular complexity index is 508. The smallest absolute Gasteiger partial charge is 0.323 e. The highest BCUT2D eigenvalue weighted by Crippen LogP contribution is 2.35. The number of rotatable bonds is 6. The van der Waals surface area contributed by atoms with Crippen molar-refractivity contribution >= 4 is 40.8 Å². The summed E-state index contributed by atoms with van der Waals surface area (Å²) in [7, 11) is 1.39. The van der Waals surface area contributed by atoms with Gasteiger partial charge in [0.05, 0.1) is 22.2 Å². The summed E-state index contributed by atoms with van der Waals surface area (Å²) in [4.78, 5) is 11.9. The van der Waals surface area contributed by atoms with Crippen LogP contribution in [0.5, 0.6) is 0 Å². The summed E-state index contributed by atoms with van der Waals surface area (Å²) in [6.07, 6.45) is 0.856. The Morgan fingerprint density at radius 2 is 1.86 bits per heavy atom. The fraction of sp³-hybridized carbons (Fsp3) is 0.533. The fourth-order valence-electron chi connectivity index (χ4n) is 2.06. The summed E-state index contributed by atoms with van der Waals surface area (Å²) in [5, 5.41) is 4.39. The lowest BCUT2D eigenvalue weighted by molar-refractivity contribution is -0.144. The first-order chi connectivity index (χ1) is 9.83. The van der Waals surface area contributed by atoms with Gasteiger partial charge in [0.2, 0.25) is 0 Å². The number of esters is 1. The van der Waals surface area contributed by atoms with Gasteiger partial charge < -0.3 is 4.74 Å². The SMILES string of the molecule is CCC(C)C(NC(C)c1ccc(Cl)c(Cl)c1Cl)C(=O)OC. The van der Waals surface area contributed by atoms with Gasteiger partial charge in [-0.2, -0.15) is 0 Å². The average Bonchev–Trinajstić information content (AvgIpc) is 2.48. The maximum absolute atomic E-state index is 11.9. The highest BCUT2D eigenvalue weighted by atomic mass is 35.5. The summed E-state index contributed by atoms with van der Waals surface area (Å²) in [6, 6.07) is 2.93. The molecule has 0 bridgehead atoms. The van der Waals surface area contributed by atoms with Crippen LogP contribution in [-0.2, 0) is 9.53 Å². The van der Waals surface area contributed by atoms with Crippen LogP contribution in [0.25, 0.3) is 0 Å². The van der Waals surface area contributed by atoms with Gasteiger partial charge in [0.25, 0.3) is 0 Å². The number of hydrogen-bond acceptors (Lipinski definition) is 3. The lowest BCUT2D eigenvalue weighted by Crippen LogP contribution is -2.43. The quantitative estimate of drug-likeness (QED) is 0.585. The number of hydrogen-bond donors (Lipinski definition) is 1. The van der Waals surface area contributed by atoms with Gasteiger partial charge in [-0.15, -0.1) is 0 Å². The molecule has 3 unspecified atom stereocenters. The predicted octanol–water partition coefficient (Wildman–Crippen LogP) is 4.89. The van der Waals surface area contributed by atoms with Crippen molar-refractivity contribution in [1.29, 1.82) is 0 Å². The fourth-order valence-corrected chi connectivity index (χ4v) is 2.77. The van der Waals surface area contributed by atoms with Gasteiger partial charge >= 0.3 is 5.97 Å². The van der Waals surface area contributed by atoms with E-state index in [1.54, 1.807) is 12.1 Å². The van der Waals surface area contributed by atoms with Crippen molar-refractivity contribution in [3.05, 3.63) is 32.8 Å². The van der Waals surface area contributed by atoms with Crippen molar-refractivity contribution in [3.8, 4) is 0 Å². The average molecular weight is 353 g/mol. The van der Waals surface area contributed by atoms with Gasteiger partial charge in [0, 0.05) is 6.04 Å². The molecule has 21 heavy (non-hydrogen) atoms. The van der Waals surface area contributed by atoms with E-state index in [9.17, 15) is 4.79 Å². The van der Waals surface area contributed by atoms with Gasteiger partial charge in [-0.05, 0) is 24.5 Å². The summed E-state index contributed by atoms with van der Waals surface area (Å²) >= 11 is 18.2. The highest BCUT2D eigenvalue weighted by Gasteiger charge is 2.27. The molecular weight excluding hydrogens is 333 g/mol. The molecule has 0 radical (unpaired) electrons. The van der Waals surface area contributed by atoms with Gasteiger partial charge in [-0.3, -0.25) is 10.1 Å². The minimum atomic E-state index is -0.402. The maximum Gasteiger partial charge on any atom is 0.323 e. The third kappa shape index (κ3) is 4.49. The second kappa shape index (κ2) is 8.23. The van der Waals surface area contributed by atoms with Crippen LogP contribution in [0.15, 0.2) is 12.1 Å². The third-order valence-electron chi connectivity index (χ3n) is 3.63. The van der Waals surface area contributed by atoms with E-state index in [1.165, 1.54) is 7.11 Å². The van der Waals surface area contributed by atoms with E-state index < -0.39 is 6.04 Å². The van der Waals surface area contributed by atoms with Crippen LogP contribution in [0.4, 0.5) is 0 Å². The number of ether oxygens (including phenoxy) is 1. The van der Waals surface area contributed by atoms with Crippen LogP contribution in [0.2, 0.25) is 15.1 Å². The van der Waals surface area contributed by atoms with Crippen LogP contribution < -0.4 is 5.32 Å². The summed E-state index contributed by atoms with van der Waals surface area (Å²) in [5.74, 6) is -0.145. The molecule has 0 saturated carbocycles. The van der Waals surface area contributed by atoms with Crippen molar-refractivity contribution in [1.82, 2.24) is 5.32 Å². The molecule has 3 atom stereocenters. The number of carbonyl (C=O) groups is 1. The van der Waals surface area contributed by atoms with Crippen molar-refractivity contribution in [3.63, 3.8) is 0 Å². The second-order valence-electron chi connectivity index (χ2n) is 5.04. The monoisotopic (exact) mass is 351 g/mol. The van der Waals surface area contributed by atoms with E-state index in [-0.39, 0.29) is 17.9 Å². The molecule has 0 fully saturated rings. The van der Waals surface area contributed by atoms with E-state index >= 15 is 0 Å². The molecule has 118 valence electrons. The Morgan fingerprint density at radius 1 is 1.24 bits per heavy atom. The zero-order chi connectivity index (χ0) is 16.2. The second-order valence-corrected chi connectivity index (χ2v) is 6.20. The number of carbonyl (C=O) groups excluding carboxylic acids is 1. The lowest BCUT2D eigenvalue weighted by Gasteiger charge is -2.26. The van der Waals surface area contributed by atoms with Crippen LogP contribution in [0, 0.1) is 5.92 Å². The molecule has 1 aromatic carbocycles. The van der Waals surface area contributed by atoms with E-state index in [0.29, 0.717) is 15.1 Å². The first kappa shape index (κ1) is 18.6. The number of halogens is 3. The number of benzene rings is 1. The Kier molecular flexibility index (Phi) is 7.28. The number of methoxy groups -OCH3 is 1. The molecule has 0 amide bonds. The van der Waals surface area contributed by atoms with Crippen LogP contribution in [0.1, 0.15) is 38.8 Å². The van der Waals surface area contributed by atoms with Crippen LogP contribution in [0.3, 0.4) is 0 Å². The Balaban J connectivity index is 2.99. The molecule has 6 heteroatoms. The molecule has 0 spiro atoms. The van der Waals surface area contributed by atoms with Crippen LogP contribution in [-0.4, -0.2) is 19.1 Å². The Hall–Kier alpha value is -0.480. The van der Waals surface area contributed by atoms with Gasteiger partial charge in [0.15, 0.2) is 0 Å². The standard InChI is InChI=1S/C15H20Cl3NO2/c1-5-8(2)14(15(20)21-4)19-9(3)10-6-7-11(16)13(18)12(10)17/h6-9,14,19H,5H2,1-4H3. The largest absolute Gasteiger partial charge is 0.468 e. The Morgan fingerprint density at radius 3 is 2.38 bits per heavy atom. The van der Waals surface area contributed by atoms with Gasteiger partial charge in [-0.25, -0.2) is 0 Å². The first-order valence-electron chi connectivity index (χ1n) is 6.80. The highest BCUT2D eigenvalue weighted by molar-refractivity contribution is 6.48. The van der Waals surface area contributed by atoms with E-state index in [1.807, 2.05) is 20.8 Å². The van der Waals surface area contributed by atoms with Crippen molar-refractivity contribution in [2.75, 3.05) is 7.11 Å². The van der Waals surface area contributed by atoms with E-state index in [2.05, 4.69) is 5.32 Å². The molecule has 1 rings (SSSR count).